The zero-order valence-electron chi connectivity index (χ0n) is 7.42. The summed E-state index contributed by atoms with van der Waals surface area (Å²) in [7, 11) is 0. The number of rotatable bonds is 5. The van der Waals surface area contributed by atoms with E-state index in [1.54, 1.807) is 6.92 Å². The van der Waals surface area contributed by atoms with Crippen LogP contribution >= 0.6 is 0 Å². The third kappa shape index (κ3) is 3.02. The van der Waals surface area contributed by atoms with Gasteiger partial charge in [0.2, 0.25) is 0 Å². The largest absolute Gasteiger partial charge is 0.299 e. The van der Waals surface area contributed by atoms with E-state index in [2.05, 4.69) is 11.0 Å². The summed E-state index contributed by atoms with van der Waals surface area (Å²) in [6.45, 7) is 2.87. The second kappa shape index (κ2) is 4.22. The first-order valence-corrected chi connectivity index (χ1v) is 4.34. The number of carbonyl (C=O) groups is 1. The summed E-state index contributed by atoms with van der Waals surface area (Å²) in [5, 5.41) is 8.39. The van der Waals surface area contributed by atoms with Gasteiger partial charge in [0.05, 0.1) is 12.6 Å². The van der Waals surface area contributed by atoms with E-state index in [-0.39, 0.29) is 5.78 Å². The maximum Gasteiger partial charge on any atom is 0.143 e. The summed E-state index contributed by atoms with van der Waals surface area (Å²) in [6, 6.07) is 2.69. The van der Waals surface area contributed by atoms with E-state index >= 15 is 0 Å². The van der Waals surface area contributed by atoms with Gasteiger partial charge in [-0.15, -0.1) is 0 Å². The Hall–Kier alpha value is -0.880. The van der Waals surface area contributed by atoms with Gasteiger partial charge in [0.25, 0.3) is 0 Å². The van der Waals surface area contributed by atoms with Crippen LogP contribution in [0.3, 0.4) is 0 Å². The Bertz CT molecular complexity index is 203. The molecule has 0 unspecified atom stereocenters. The first-order chi connectivity index (χ1) is 5.74. The zero-order valence-corrected chi connectivity index (χ0v) is 7.42. The fraction of sp³-hybridized carbons (Fsp3) is 0.778. The van der Waals surface area contributed by atoms with Crippen LogP contribution in [0.5, 0.6) is 0 Å². The molecule has 0 radical (unpaired) electrons. The molecule has 0 aromatic carbocycles. The first kappa shape index (κ1) is 9.21. The molecule has 0 amide bonds. The molecule has 0 aromatic rings. The molecule has 3 nitrogen and oxygen atoms in total. The number of Topliss-reactive ketones (excluding diaryl/α,β-unsaturated/α-hetero) is 1. The topological polar surface area (TPSA) is 44.1 Å². The van der Waals surface area contributed by atoms with Crippen molar-refractivity contribution in [2.45, 2.75) is 32.2 Å². The summed E-state index contributed by atoms with van der Waals surface area (Å²) in [4.78, 5) is 12.9. The van der Waals surface area contributed by atoms with Crippen molar-refractivity contribution in [2.24, 2.45) is 0 Å². The summed E-state index contributed by atoms with van der Waals surface area (Å²) in [5.74, 6) is 0.194. The van der Waals surface area contributed by atoms with E-state index in [9.17, 15) is 4.79 Å². The standard InChI is InChI=1S/C9H14N2O/c1-8(12)7-11(6-2-5-10)9-3-4-9/h9H,2-4,6-7H2,1H3. The van der Waals surface area contributed by atoms with E-state index in [4.69, 9.17) is 5.26 Å². The summed E-state index contributed by atoms with van der Waals surface area (Å²) in [6.07, 6.45) is 2.92. The number of nitriles is 1. The highest BCUT2D eigenvalue weighted by molar-refractivity contribution is 5.77. The molecule has 0 bridgehead atoms. The van der Waals surface area contributed by atoms with Gasteiger partial charge in [-0.3, -0.25) is 9.69 Å². The Morgan fingerprint density at radius 3 is 2.75 bits per heavy atom. The van der Waals surface area contributed by atoms with Crippen molar-refractivity contribution in [3.8, 4) is 6.07 Å². The molecule has 0 saturated heterocycles. The summed E-state index contributed by atoms with van der Waals surface area (Å²) in [5.41, 5.74) is 0. The lowest BCUT2D eigenvalue weighted by Gasteiger charge is -2.18. The van der Waals surface area contributed by atoms with Gasteiger partial charge in [0, 0.05) is 19.0 Å². The van der Waals surface area contributed by atoms with Gasteiger partial charge in [0.1, 0.15) is 5.78 Å². The molecular formula is C9H14N2O. The Labute approximate surface area is 73.0 Å². The van der Waals surface area contributed by atoms with Crippen LogP contribution in [0.4, 0.5) is 0 Å². The van der Waals surface area contributed by atoms with Gasteiger partial charge in [-0.1, -0.05) is 0 Å². The van der Waals surface area contributed by atoms with Crippen molar-refractivity contribution < 1.29 is 4.79 Å². The molecule has 1 fully saturated rings. The highest BCUT2D eigenvalue weighted by Gasteiger charge is 2.28. The molecule has 12 heavy (non-hydrogen) atoms. The van der Waals surface area contributed by atoms with Gasteiger partial charge in [-0.2, -0.15) is 5.26 Å². The van der Waals surface area contributed by atoms with Gasteiger partial charge in [-0.25, -0.2) is 0 Å². The molecular weight excluding hydrogens is 152 g/mol. The number of ketones is 1. The number of hydrogen-bond acceptors (Lipinski definition) is 3. The molecule has 1 rings (SSSR count). The van der Waals surface area contributed by atoms with Gasteiger partial charge < -0.3 is 0 Å². The lowest BCUT2D eigenvalue weighted by Crippen LogP contribution is -2.31. The Kier molecular flexibility index (Phi) is 3.24. The second-order valence-corrected chi connectivity index (χ2v) is 3.31. The SMILES string of the molecule is CC(=O)CN(CCC#N)C1CC1. The van der Waals surface area contributed by atoms with E-state index in [1.807, 2.05) is 0 Å². The molecule has 0 atom stereocenters. The van der Waals surface area contributed by atoms with E-state index in [0.29, 0.717) is 19.0 Å². The second-order valence-electron chi connectivity index (χ2n) is 3.31. The first-order valence-electron chi connectivity index (χ1n) is 4.34. The zero-order chi connectivity index (χ0) is 8.97. The van der Waals surface area contributed by atoms with E-state index < -0.39 is 0 Å². The minimum atomic E-state index is 0.194. The minimum absolute atomic E-state index is 0.194. The third-order valence-corrected chi connectivity index (χ3v) is 2.00. The van der Waals surface area contributed by atoms with Crippen LogP contribution in [-0.4, -0.2) is 29.8 Å². The van der Waals surface area contributed by atoms with E-state index in [0.717, 1.165) is 6.54 Å². The highest BCUT2D eigenvalue weighted by atomic mass is 16.1. The molecule has 1 aliphatic rings. The molecule has 3 heteroatoms. The predicted molar refractivity (Wildman–Crippen MR) is 45.5 cm³/mol. The smallest absolute Gasteiger partial charge is 0.143 e. The monoisotopic (exact) mass is 166 g/mol. The van der Waals surface area contributed by atoms with Crippen molar-refractivity contribution in [3.05, 3.63) is 0 Å². The van der Waals surface area contributed by atoms with Crippen molar-refractivity contribution in [1.82, 2.24) is 4.90 Å². The molecule has 0 aliphatic heterocycles. The number of nitrogens with zero attached hydrogens (tertiary/aromatic N) is 2. The summed E-state index contributed by atoms with van der Waals surface area (Å²) < 4.78 is 0. The Balaban J connectivity index is 2.28. The Morgan fingerprint density at radius 2 is 2.33 bits per heavy atom. The average Bonchev–Trinajstić information content (AvgIpc) is 2.79. The maximum atomic E-state index is 10.8. The van der Waals surface area contributed by atoms with Crippen molar-refractivity contribution in [2.75, 3.05) is 13.1 Å². The van der Waals surface area contributed by atoms with Crippen molar-refractivity contribution in [1.29, 1.82) is 5.26 Å². The summed E-state index contributed by atoms with van der Waals surface area (Å²) >= 11 is 0. The van der Waals surface area contributed by atoms with Gasteiger partial charge in [-0.05, 0) is 19.8 Å². The van der Waals surface area contributed by atoms with Crippen LogP contribution in [-0.2, 0) is 4.79 Å². The predicted octanol–water partition coefficient (Wildman–Crippen LogP) is 0.953. The normalized spacial score (nSPS) is 16.1. The maximum absolute atomic E-state index is 10.8. The highest BCUT2D eigenvalue weighted by Crippen LogP contribution is 2.26. The van der Waals surface area contributed by atoms with Crippen LogP contribution in [0.25, 0.3) is 0 Å². The van der Waals surface area contributed by atoms with Gasteiger partial charge in [0.15, 0.2) is 0 Å². The molecule has 1 aliphatic carbocycles. The Morgan fingerprint density at radius 1 is 1.67 bits per heavy atom. The molecule has 0 N–H and O–H groups in total. The quantitative estimate of drug-likeness (QED) is 0.611. The molecule has 0 spiro atoms. The lowest BCUT2D eigenvalue weighted by atomic mass is 10.3. The molecule has 0 aromatic heterocycles. The molecule has 0 heterocycles. The van der Waals surface area contributed by atoms with Crippen molar-refractivity contribution >= 4 is 5.78 Å². The average molecular weight is 166 g/mol. The minimum Gasteiger partial charge on any atom is -0.299 e. The fourth-order valence-electron chi connectivity index (χ4n) is 1.31. The van der Waals surface area contributed by atoms with Crippen LogP contribution in [0.1, 0.15) is 26.2 Å². The molecule has 66 valence electrons. The van der Waals surface area contributed by atoms with Crippen molar-refractivity contribution in [3.63, 3.8) is 0 Å². The van der Waals surface area contributed by atoms with Crippen LogP contribution in [0.2, 0.25) is 0 Å². The van der Waals surface area contributed by atoms with E-state index in [1.165, 1.54) is 12.8 Å². The van der Waals surface area contributed by atoms with Crippen LogP contribution in [0.15, 0.2) is 0 Å². The third-order valence-electron chi connectivity index (χ3n) is 2.00. The number of carbonyl (C=O) groups excluding carboxylic acids is 1. The number of hydrogen-bond donors (Lipinski definition) is 0. The fourth-order valence-corrected chi connectivity index (χ4v) is 1.31. The lowest BCUT2D eigenvalue weighted by molar-refractivity contribution is -0.118. The van der Waals surface area contributed by atoms with Gasteiger partial charge >= 0.3 is 0 Å². The van der Waals surface area contributed by atoms with Crippen LogP contribution in [0, 0.1) is 11.3 Å². The van der Waals surface area contributed by atoms with Crippen LogP contribution < -0.4 is 0 Å². The molecule has 1 saturated carbocycles.